The van der Waals surface area contributed by atoms with Crippen molar-refractivity contribution in [3.8, 4) is 17.0 Å². The average Bonchev–Trinajstić information content (AvgIpc) is 2.80. The lowest BCUT2D eigenvalue weighted by molar-refractivity contribution is -0.160. The molecule has 0 aromatic carbocycles. The maximum Gasteiger partial charge on any atom is 0.337 e. The van der Waals surface area contributed by atoms with E-state index >= 15 is 0 Å². The number of carboxylic acid groups (broad SMARTS) is 1. The van der Waals surface area contributed by atoms with Crippen molar-refractivity contribution < 1.29 is 19.4 Å². The molecule has 3 rings (SSSR count). The molecule has 0 radical (unpaired) electrons. The molecule has 0 amide bonds. The second kappa shape index (κ2) is 11.2. The maximum atomic E-state index is 12.6. The lowest BCUT2D eigenvalue weighted by atomic mass is 9.82. The van der Waals surface area contributed by atoms with E-state index in [2.05, 4.69) is 32.6 Å². The molecule has 36 heavy (non-hydrogen) atoms. The molecule has 2 aromatic heterocycles. The minimum Gasteiger partial charge on any atom is -0.492 e. The van der Waals surface area contributed by atoms with Gasteiger partial charge in [0.1, 0.15) is 5.75 Å². The maximum absolute atomic E-state index is 12.6. The lowest BCUT2D eigenvalue weighted by Gasteiger charge is -2.41. The van der Waals surface area contributed by atoms with Gasteiger partial charge < -0.3 is 19.5 Å². The minimum absolute atomic E-state index is 0.249. The highest BCUT2D eigenvalue weighted by atomic mass is 16.5. The zero-order valence-electron chi connectivity index (χ0n) is 23.2. The Bertz CT molecular complexity index is 1030. The van der Waals surface area contributed by atoms with Gasteiger partial charge in [-0.15, -0.1) is 0 Å². The number of aryl methyl sites for hydroxylation is 1. The van der Waals surface area contributed by atoms with Gasteiger partial charge in [0.25, 0.3) is 0 Å². The second-order valence-corrected chi connectivity index (χ2v) is 11.9. The first-order chi connectivity index (χ1) is 16.8. The summed E-state index contributed by atoms with van der Waals surface area (Å²) in [4.78, 5) is 24.3. The van der Waals surface area contributed by atoms with Crippen LogP contribution in [0, 0.1) is 11.3 Å². The van der Waals surface area contributed by atoms with E-state index in [-0.39, 0.29) is 5.41 Å². The zero-order valence-corrected chi connectivity index (χ0v) is 23.2. The van der Waals surface area contributed by atoms with Crippen molar-refractivity contribution in [2.75, 3.05) is 24.6 Å². The normalized spacial score (nSPS) is 16.8. The van der Waals surface area contributed by atoms with Crippen molar-refractivity contribution in [2.45, 2.75) is 86.4 Å². The minimum atomic E-state index is -1.13. The number of carboxylic acids is 1. The van der Waals surface area contributed by atoms with Crippen LogP contribution in [0.4, 0.5) is 5.69 Å². The van der Waals surface area contributed by atoms with Gasteiger partial charge in [-0.25, -0.2) is 4.79 Å². The highest BCUT2D eigenvalue weighted by molar-refractivity contribution is 5.85. The molecular weight excluding hydrogens is 454 g/mol. The van der Waals surface area contributed by atoms with Crippen LogP contribution >= 0.6 is 0 Å². The third-order valence-electron chi connectivity index (χ3n) is 6.49. The molecule has 7 heteroatoms. The Labute approximate surface area is 216 Å². The number of hydrogen-bond acceptors (Lipinski definition) is 6. The van der Waals surface area contributed by atoms with Crippen molar-refractivity contribution in [1.82, 2.24) is 9.97 Å². The fourth-order valence-corrected chi connectivity index (χ4v) is 4.45. The largest absolute Gasteiger partial charge is 0.492 e. The molecule has 0 spiro atoms. The van der Waals surface area contributed by atoms with Gasteiger partial charge in [-0.05, 0) is 63.5 Å². The van der Waals surface area contributed by atoms with Crippen molar-refractivity contribution >= 4 is 11.7 Å². The van der Waals surface area contributed by atoms with Crippen LogP contribution in [0.5, 0.6) is 5.75 Å². The van der Waals surface area contributed by atoms with Crippen LogP contribution in [-0.2, 0) is 16.0 Å². The van der Waals surface area contributed by atoms with Crippen LogP contribution in [0.15, 0.2) is 24.5 Å². The number of aliphatic carboxylic acids is 1. The molecule has 0 unspecified atom stereocenters. The molecule has 3 heterocycles. The summed E-state index contributed by atoms with van der Waals surface area (Å²) in [6, 6.07) is 3.85. The predicted octanol–water partition coefficient (Wildman–Crippen LogP) is 6.31. The molecule has 7 nitrogen and oxygen atoms in total. The molecule has 1 fully saturated rings. The van der Waals surface area contributed by atoms with E-state index in [1.54, 1.807) is 6.20 Å². The molecule has 1 N–H and O–H groups in total. The third-order valence-corrected chi connectivity index (χ3v) is 6.49. The summed E-state index contributed by atoms with van der Waals surface area (Å²) < 4.78 is 12.0. The smallest absolute Gasteiger partial charge is 0.337 e. The second-order valence-electron chi connectivity index (χ2n) is 11.9. The van der Waals surface area contributed by atoms with Gasteiger partial charge in [0.2, 0.25) is 0 Å². The standard InChI is InChI=1S/C29H43N3O4/c1-9-22-24(26(27(33)34)36-28(4,5)6)25(32-14-12-29(7,8)13-15-32)21(17-31-22)23-11-10-20(16-30-23)35-18-19(2)3/h10-11,16-17,19,26H,9,12-15,18H2,1-8H3,(H,33,34)/t26-/m0/s1. The number of ether oxygens (including phenoxy) is 2. The van der Waals surface area contributed by atoms with Crippen molar-refractivity contribution in [2.24, 2.45) is 11.3 Å². The van der Waals surface area contributed by atoms with Gasteiger partial charge in [-0.2, -0.15) is 0 Å². The summed E-state index contributed by atoms with van der Waals surface area (Å²) in [7, 11) is 0. The van der Waals surface area contributed by atoms with E-state index in [0.29, 0.717) is 30.3 Å². The Balaban J connectivity index is 2.17. The summed E-state index contributed by atoms with van der Waals surface area (Å²) in [5, 5.41) is 10.3. The Morgan fingerprint density at radius 3 is 2.31 bits per heavy atom. The van der Waals surface area contributed by atoms with Crippen LogP contribution in [0.1, 0.15) is 85.6 Å². The van der Waals surface area contributed by atoms with Crippen LogP contribution in [0.25, 0.3) is 11.3 Å². The Morgan fingerprint density at radius 1 is 1.14 bits per heavy atom. The molecule has 0 aliphatic carbocycles. The number of piperidine rings is 1. The van der Waals surface area contributed by atoms with Crippen LogP contribution in [-0.4, -0.2) is 46.3 Å². The van der Waals surface area contributed by atoms with Crippen LogP contribution < -0.4 is 9.64 Å². The summed E-state index contributed by atoms with van der Waals surface area (Å²) in [6.45, 7) is 18.7. The van der Waals surface area contributed by atoms with Gasteiger partial charge in [0.05, 0.1) is 29.8 Å². The fourth-order valence-electron chi connectivity index (χ4n) is 4.45. The van der Waals surface area contributed by atoms with Gasteiger partial charge in [-0.1, -0.05) is 34.6 Å². The Kier molecular flexibility index (Phi) is 8.65. The third kappa shape index (κ3) is 6.96. The van der Waals surface area contributed by atoms with Crippen LogP contribution in [0.2, 0.25) is 0 Å². The fraction of sp³-hybridized carbons (Fsp3) is 0.621. The molecule has 0 bridgehead atoms. The van der Waals surface area contributed by atoms with Gasteiger partial charge >= 0.3 is 5.97 Å². The first-order valence-corrected chi connectivity index (χ1v) is 13.1. The summed E-state index contributed by atoms with van der Waals surface area (Å²) in [6.07, 6.45) is 5.07. The van der Waals surface area contributed by atoms with E-state index in [0.717, 1.165) is 48.6 Å². The molecule has 1 aliphatic heterocycles. The van der Waals surface area contributed by atoms with Crippen molar-refractivity contribution in [1.29, 1.82) is 0 Å². The molecule has 1 atom stereocenters. The average molecular weight is 498 g/mol. The number of hydrogen-bond donors (Lipinski definition) is 1. The topological polar surface area (TPSA) is 84.8 Å². The Hall–Kier alpha value is -2.67. The van der Waals surface area contributed by atoms with Crippen LogP contribution in [0.3, 0.4) is 0 Å². The number of pyridine rings is 2. The predicted molar refractivity (Wildman–Crippen MR) is 144 cm³/mol. The molecule has 2 aromatic rings. The summed E-state index contributed by atoms with van der Waals surface area (Å²) >= 11 is 0. The first kappa shape index (κ1) is 27.9. The number of aromatic nitrogens is 2. The SMILES string of the molecule is CCc1ncc(-c2ccc(OCC(C)C)cn2)c(N2CCC(C)(C)CC2)c1[C@H](OC(C)(C)C)C(=O)O. The summed E-state index contributed by atoms with van der Waals surface area (Å²) in [5.41, 5.74) is 3.42. The van der Waals surface area contributed by atoms with E-state index in [4.69, 9.17) is 19.4 Å². The highest BCUT2D eigenvalue weighted by Crippen LogP contribution is 2.43. The van der Waals surface area contributed by atoms with Crippen molar-refractivity contribution in [3.05, 3.63) is 35.8 Å². The van der Waals surface area contributed by atoms with Gasteiger partial charge in [0.15, 0.2) is 6.10 Å². The van der Waals surface area contributed by atoms with E-state index < -0.39 is 17.7 Å². The number of carbonyl (C=O) groups is 1. The van der Waals surface area contributed by atoms with Gasteiger partial charge in [0, 0.05) is 36.1 Å². The van der Waals surface area contributed by atoms with Crippen molar-refractivity contribution in [3.63, 3.8) is 0 Å². The molecule has 198 valence electrons. The van der Waals surface area contributed by atoms with E-state index in [9.17, 15) is 9.90 Å². The number of rotatable bonds is 9. The monoisotopic (exact) mass is 497 g/mol. The van der Waals surface area contributed by atoms with Gasteiger partial charge in [-0.3, -0.25) is 9.97 Å². The molecular formula is C29H43N3O4. The first-order valence-electron chi connectivity index (χ1n) is 13.1. The zero-order chi connectivity index (χ0) is 26.7. The quantitative estimate of drug-likeness (QED) is 0.435. The molecule has 1 aliphatic rings. The highest BCUT2D eigenvalue weighted by Gasteiger charge is 2.36. The number of nitrogens with zero attached hydrogens (tertiary/aromatic N) is 3. The Morgan fingerprint density at radius 2 is 1.81 bits per heavy atom. The van der Waals surface area contributed by atoms with E-state index in [1.165, 1.54) is 0 Å². The lowest BCUT2D eigenvalue weighted by Crippen LogP contribution is -2.39. The van der Waals surface area contributed by atoms with E-state index in [1.807, 2.05) is 46.0 Å². The molecule has 0 saturated carbocycles. The number of anilines is 1. The molecule has 1 saturated heterocycles. The summed E-state index contributed by atoms with van der Waals surface area (Å²) in [5.74, 6) is 0.123.